The first kappa shape index (κ1) is 24.7. The first-order valence-corrected chi connectivity index (χ1v) is 15.1. The van der Waals surface area contributed by atoms with Crippen molar-refractivity contribution in [2.45, 2.75) is 0 Å². The van der Waals surface area contributed by atoms with Gasteiger partial charge in [0.2, 0.25) is 0 Å². The largest absolute Gasteiger partial charge is 0.307 e. The third kappa shape index (κ3) is 3.68. The molecule has 0 saturated heterocycles. The number of hydrogen-bond donors (Lipinski definition) is 0. The quantitative estimate of drug-likeness (QED) is 0.203. The number of aromatic nitrogens is 2. The van der Waals surface area contributed by atoms with Crippen LogP contribution >= 0.6 is 0 Å². The lowest BCUT2D eigenvalue weighted by atomic mass is 9.96. The van der Waals surface area contributed by atoms with Crippen LogP contribution in [0.15, 0.2) is 170 Å². The Morgan fingerprint density at radius 3 is 1.73 bits per heavy atom. The van der Waals surface area contributed by atoms with Crippen molar-refractivity contribution in [3.63, 3.8) is 0 Å². The van der Waals surface area contributed by atoms with Gasteiger partial charge in [0.15, 0.2) is 0 Å². The zero-order valence-corrected chi connectivity index (χ0v) is 24.1. The maximum Gasteiger partial charge on any atom is 0.0782 e. The van der Waals surface area contributed by atoms with Crippen molar-refractivity contribution in [1.82, 2.24) is 9.13 Å². The molecular weight excluding hydrogens is 532 g/mol. The summed E-state index contributed by atoms with van der Waals surface area (Å²) in [6.45, 7) is 0. The minimum Gasteiger partial charge on any atom is -0.307 e. The summed E-state index contributed by atoms with van der Waals surface area (Å²) < 4.78 is 4.89. The fourth-order valence-electron chi connectivity index (χ4n) is 7.04. The van der Waals surface area contributed by atoms with E-state index in [-0.39, 0.29) is 0 Å². The van der Waals surface area contributed by atoms with E-state index in [0.29, 0.717) is 0 Å². The lowest BCUT2D eigenvalue weighted by Crippen LogP contribution is -2.00. The van der Waals surface area contributed by atoms with Crippen molar-refractivity contribution in [2.24, 2.45) is 0 Å². The molecule has 0 aliphatic carbocycles. The van der Waals surface area contributed by atoms with Gasteiger partial charge in [-0.25, -0.2) is 0 Å². The summed E-state index contributed by atoms with van der Waals surface area (Å²) in [5, 5.41) is 5.03. The highest BCUT2D eigenvalue weighted by Crippen LogP contribution is 2.42. The SMILES string of the molecule is c1ccc(-c2cccc(-c3cccc4c3c3ccccc3n4-c3cccc4c5ccccc5n(-c5ccccc5)c34)c2)cc1. The highest BCUT2D eigenvalue weighted by Gasteiger charge is 2.21. The third-order valence-corrected chi connectivity index (χ3v) is 8.91. The Balaban J connectivity index is 1.38. The number of fused-ring (bicyclic) bond motifs is 6. The van der Waals surface area contributed by atoms with E-state index in [9.17, 15) is 0 Å². The normalized spacial score (nSPS) is 11.6. The molecule has 0 aliphatic rings. The van der Waals surface area contributed by atoms with Gasteiger partial charge in [0.25, 0.3) is 0 Å². The first-order valence-electron chi connectivity index (χ1n) is 15.1. The fourth-order valence-corrected chi connectivity index (χ4v) is 7.04. The van der Waals surface area contributed by atoms with Crippen molar-refractivity contribution in [3.8, 4) is 33.6 Å². The maximum atomic E-state index is 2.47. The second-order valence-electron chi connectivity index (χ2n) is 11.4. The molecule has 0 amide bonds. The molecule has 7 aromatic carbocycles. The van der Waals surface area contributed by atoms with E-state index in [4.69, 9.17) is 0 Å². The van der Waals surface area contributed by atoms with Gasteiger partial charge in [-0.2, -0.15) is 0 Å². The Bertz CT molecular complexity index is 2480. The van der Waals surface area contributed by atoms with Crippen LogP contribution < -0.4 is 0 Å². The fraction of sp³-hybridized carbons (Fsp3) is 0. The second-order valence-corrected chi connectivity index (χ2v) is 11.4. The lowest BCUT2D eigenvalue weighted by Gasteiger charge is -2.14. The van der Waals surface area contributed by atoms with Crippen LogP contribution in [0.2, 0.25) is 0 Å². The Morgan fingerprint density at radius 1 is 0.341 bits per heavy atom. The predicted octanol–water partition coefficient (Wildman–Crippen LogP) is 11.2. The summed E-state index contributed by atoms with van der Waals surface area (Å²) in [6, 6.07) is 61.4. The highest BCUT2D eigenvalue weighted by atomic mass is 15.1. The van der Waals surface area contributed by atoms with Crippen molar-refractivity contribution in [3.05, 3.63) is 170 Å². The number of nitrogens with zero attached hydrogens (tertiary/aromatic N) is 2. The van der Waals surface area contributed by atoms with E-state index < -0.39 is 0 Å². The smallest absolute Gasteiger partial charge is 0.0782 e. The second kappa shape index (κ2) is 9.86. The van der Waals surface area contributed by atoms with E-state index >= 15 is 0 Å². The molecule has 0 N–H and O–H groups in total. The first-order chi connectivity index (χ1) is 21.9. The number of hydrogen-bond acceptors (Lipinski definition) is 0. The Labute approximate surface area is 255 Å². The summed E-state index contributed by atoms with van der Waals surface area (Å²) >= 11 is 0. The van der Waals surface area contributed by atoms with E-state index in [0.717, 1.165) is 5.69 Å². The van der Waals surface area contributed by atoms with Crippen molar-refractivity contribution in [1.29, 1.82) is 0 Å². The van der Waals surface area contributed by atoms with Crippen molar-refractivity contribution < 1.29 is 0 Å². The zero-order valence-electron chi connectivity index (χ0n) is 24.1. The summed E-state index contributed by atoms with van der Waals surface area (Å²) in [6.07, 6.45) is 0. The topological polar surface area (TPSA) is 9.86 Å². The maximum absolute atomic E-state index is 2.47. The molecule has 2 heterocycles. The molecule has 2 nitrogen and oxygen atoms in total. The van der Waals surface area contributed by atoms with Crippen LogP contribution in [0.3, 0.4) is 0 Å². The number of para-hydroxylation sites is 4. The van der Waals surface area contributed by atoms with Crippen LogP contribution in [0.25, 0.3) is 77.2 Å². The Hall–Kier alpha value is -5.86. The lowest BCUT2D eigenvalue weighted by molar-refractivity contribution is 1.13. The molecule has 9 aromatic rings. The molecule has 206 valence electrons. The van der Waals surface area contributed by atoms with Crippen LogP contribution in [0.4, 0.5) is 0 Å². The molecule has 9 rings (SSSR count). The molecule has 0 saturated carbocycles. The van der Waals surface area contributed by atoms with E-state index in [1.807, 2.05) is 0 Å². The molecule has 0 aliphatic heterocycles. The van der Waals surface area contributed by atoms with Gasteiger partial charge < -0.3 is 9.13 Å². The van der Waals surface area contributed by atoms with Crippen LogP contribution in [0.5, 0.6) is 0 Å². The van der Waals surface area contributed by atoms with Gasteiger partial charge in [-0.15, -0.1) is 0 Å². The van der Waals surface area contributed by atoms with Gasteiger partial charge in [0.1, 0.15) is 0 Å². The standard InChI is InChI=1S/C42H28N2/c1-3-14-29(15-4-1)30-16-11-17-31(28-30)33-22-12-26-39-41(33)36-21-8-10-25-38(36)44(39)40-27-13-23-35-34-20-7-9-24-37(34)43(42(35)40)32-18-5-2-6-19-32/h1-28H. The molecule has 0 fully saturated rings. The third-order valence-electron chi connectivity index (χ3n) is 8.91. The molecule has 2 aromatic heterocycles. The number of rotatable bonds is 4. The summed E-state index contributed by atoms with van der Waals surface area (Å²) in [5.41, 5.74) is 12.1. The average Bonchev–Trinajstić information content (AvgIpc) is 3.62. The summed E-state index contributed by atoms with van der Waals surface area (Å²) in [7, 11) is 0. The molecule has 0 atom stereocenters. The van der Waals surface area contributed by atoms with E-state index in [1.165, 1.54) is 71.6 Å². The molecule has 44 heavy (non-hydrogen) atoms. The molecule has 0 spiro atoms. The van der Waals surface area contributed by atoms with Gasteiger partial charge in [-0.1, -0.05) is 127 Å². The minimum atomic E-state index is 1.16. The monoisotopic (exact) mass is 560 g/mol. The van der Waals surface area contributed by atoms with Gasteiger partial charge in [-0.05, 0) is 64.7 Å². The summed E-state index contributed by atoms with van der Waals surface area (Å²) in [4.78, 5) is 0. The van der Waals surface area contributed by atoms with E-state index in [2.05, 4.69) is 179 Å². The van der Waals surface area contributed by atoms with E-state index in [1.54, 1.807) is 0 Å². The van der Waals surface area contributed by atoms with Gasteiger partial charge in [0, 0.05) is 27.2 Å². The summed E-state index contributed by atoms with van der Waals surface area (Å²) in [5.74, 6) is 0. The molecule has 0 bridgehead atoms. The molecule has 2 heteroatoms. The number of benzene rings is 7. The molecular formula is C42H28N2. The van der Waals surface area contributed by atoms with Crippen LogP contribution in [0.1, 0.15) is 0 Å². The zero-order chi connectivity index (χ0) is 29.0. The highest BCUT2D eigenvalue weighted by molar-refractivity contribution is 6.18. The molecule has 0 unspecified atom stereocenters. The minimum absolute atomic E-state index is 1.16. The van der Waals surface area contributed by atoms with Gasteiger partial charge in [0.05, 0.1) is 27.8 Å². The Kier molecular flexibility index (Phi) is 5.54. The van der Waals surface area contributed by atoms with Crippen molar-refractivity contribution >= 4 is 43.6 Å². The van der Waals surface area contributed by atoms with Crippen molar-refractivity contribution in [2.75, 3.05) is 0 Å². The van der Waals surface area contributed by atoms with Gasteiger partial charge >= 0.3 is 0 Å². The predicted molar refractivity (Wildman–Crippen MR) is 186 cm³/mol. The van der Waals surface area contributed by atoms with Crippen LogP contribution in [-0.4, -0.2) is 9.13 Å². The van der Waals surface area contributed by atoms with Gasteiger partial charge in [-0.3, -0.25) is 0 Å². The van der Waals surface area contributed by atoms with Crippen LogP contribution in [0, 0.1) is 0 Å². The van der Waals surface area contributed by atoms with Crippen LogP contribution in [-0.2, 0) is 0 Å². The Morgan fingerprint density at radius 2 is 0.909 bits per heavy atom. The average molecular weight is 561 g/mol. The molecule has 0 radical (unpaired) electrons.